The molecule has 0 aromatic carbocycles. The van der Waals surface area contributed by atoms with Gasteiger partial charge in [-0.15, -0.1) is 0 Å². The molecule has 0 unspecified atom stereocenters. The van der Waals surface area contributed by atoms with Gasteiger partial charge in [-0.05, 0) is 26.0 Å². The van der Waals surface area contributed by atoms with Crippen LogP contribution in [0.3, 0.4) is 0 Å². The van der Waals surface area contributed by atoms with E-state index in [1.165, 1.54) is 6.07 Å². The van der Waals surface area contributed by atoms with Gasteiger partial charge < -0.3 is 9.67 Å². The van der Waals surface area contributed by atoms with Gasteiger partial charge in [-0.2, -0.15) is 0 Å². The van der Waals surface area contributed by atoms with E-state index < -0.39 is 5.97 Å². The molecule has 1 N–H and O–H groups in total. The maximum Gasteiger partial charge on any atom is 0.354 e. The van der Waals surface area contributed by atoms with Crippen LogP contribution in [0.2, 0.25) is 0 Å². The average Bonchev–Trinajstić information content (AvgIpc) is 2.61. The van der Waals surface area contributed by atoms with Crippen LogP contribution in [0.15, 0.2) is 24.5 Å². The highest BCUT2D eigenvalue weighted by atomic mass is 16.4. The predicted octanol–water partition coefficient (Wildman–Crippen LogP) is 1.64. The minimum atomic E-state index is -1.01. The molecule has 5 heteroatoms. The maximum absolute atomic E-state index is 10.8. The Morgan fingerprint density at radius 3 is 2.76 bits per heavy atom. The Morgan fingerprint density at radius 2 is 2.18 bits per heavy atom. The summed E-state index contributed by atoms with van der Waals surface area (Å²) >= 11 is 0. The van der Waals surface area contributed by atoms with E-state index in [-0.39, 0.29) is 5.69 Å². The van der Waals surface area contributed by atoms with Gasteiger partial charge in [-0.3, -0.25) is 0 Å². The number of hydrogen-bond acceptors (Lipinski definition) is 3. The Hall–Kier alpha value is -2.17. The summed E-state index contributed by atoms with van der Waals surface area (Å²) in [6.07, 6.45) is 1.74. The van der Waals surface area contributed by atoms with Gasteiger partial charge in [0.05, 0.1) is 24.3 Å². The third-order valence-corrected chi connectivity index (χ3v) is 2.70. The van der Waals surface area contributed by atoms with E-state index in [9.17, 15) is 4.79 Å². The van der Waals surface area contributed by atoms with Gasteiger partial charge in [0.2, 0.25) is 0 Å². The van der Waals surface area contributed by atoms with E-state index in [2.05, 4.69) is 9.97 Å². The summed E-state index contributed by atoms with van der Waals surface area (Å²) in [5, 5.41) is 8.85. The molecule has 88 valence electrons. The monoisotopic (exact) mass is 231 g/mol. The van der Waals surface area contributed by atoms with E-state index in [1.54, 1.807) is 18.5 Å². The highest BCUT2D eigenvalue weighted by Gasteiger charge is 2.07. The lowest BCUT2D eigenvalue weighted by molar-refractivity contribution is 0.0690. The van der Waals surface area contributed by atoms with Gasteiger partial charge in [-0.25, -0.2) is 14.8 Å². The Kier molecular flexibility index (Phi) is 2.91. The molecule has 17 heavy (non-hydrogen) atoms. The summed E-state index contributed by atoms with van der Waals surface area (Å²) in [5.41, 5.74) is 2.81. The van der Waals surface area contributed by atoms with Crippen molar-refractivity contribution in [1.29, 1.82) is 0 Å². The molecule has 0 bridgehead atoms. The highest BCUT2D eigenvalue weighted by molar-refractivity contribution is 5.85. The third-order valence-electron chi connectivity index (χ3n) is 2.70. The Balaban J connectivity index is 2.27. The first-order valence-electron chi connectivity index (χ1n) is 5.25. The lowest BCUT2D eigenvalue weighted by Gasteiger charge is -2.05. The summed E-state index contributed by atoms with van der Waals surface area (Å²) in [6, 6.07) is 4.99. The summed E-state index contributed by atoms with van der Waals surface area (Å²) < 4.78 is 1.95. The van der Waals surface area contributed by atoms with Crippen molar-refractivity contribution in [3.05, 3.63) is 47.3 Å². The zero-order chi connectivity index (χ0) is 12.4. The van der Waals surface area contributed by atoms with Crippen LogP contribution in [-0.4, -0.2) is 25.6 Å². The zero-order valence-electron chi connectivity index (χ0n) is 9.71. The number of pyridine rings is 1. The molecule has 0 atom stereocenters. The van der Waals surface area contributed by atoms with Gasteiger partial charge >= 0.3 is 5.97 Å². The number of carbonyl (C=O) groups is 1. The van der Waals surface area contributed by atoms with Gasteiger partial charge in [-0.1, -0.05) is 6.07 Å². The molecular formula is C12H13N3O2. The van der Waals surface area contributed by atoms with Gasteiger partial charge in [0.15, 0.2) is 0 Å². The number of aryl methyl sites for hydroxylation is 1. The van der Waals surface area contributed by atoms with E-state index in [0.29, 0.717) is 12.2 Å². The fraction of sp³-hybridized carbons (Fsp3) is 0.250. The number of aromatic carboxylic acids is 1. The minimum Gasteiger partial charge on any atom is -0.477 e. The third kappa shape index (κ3) is 2.33. The van der Waals surface area contributed by atoms with Crippen LogP contribution in [0.4, 0.5) is 0 Å². The number of nitrogens with zero attached hydrogens (tertiary/aromatic N) is 3. The predicted molar refractivity (Wildman–Crippen MR) is 62.0 cm³/mol. The van der Waals surface area contributed by atoms with Crippen molar-refractivity contribution in [2.24, 2.45) is 0 Å². The average molecular weight is 231 g/mol. The fourth-order valence-corrected chi connectivity index (χ4v) is 1.56. The van der Waals surface area contributed by atoms with Crippen molar-refractivity contribution in [3.8, 4) is 0 Å². The number of carboxylic acid groups (broad SMARTS) is 1. The standard InChI is InChI=1S/C12H13N3O2/c1-8-9(2)15(7-13-8)6-10-4-3-5-11(14-10)12(16)17/h3-5,7H,6H2,1-2H3,(H,16,17). The normalized spacial score (nSPS) is 10.5. The molecule has 0 saturated heterocycles. The summed E-state index contributed by atoms with van der Waals surface area (Å²) in [4.78, 5) is 19.1. The Morgan fingerprint density at radius 1 is 1.41 bits per heavy atom. The lowest BCUT2D eigenvalue weighted by atomic mass is 10.3. The van der Waals surface area contributed by atoms with Crippen molar-refractivity contribution >= 4 is 5.97 Å². The molecule has 0 radical (unpaired) electrons. The first kappa shape index (κ1) is 11.3. The van der Waals surface area contributed by atoms with E-state index in [0.717, 1.165) is 11.4 Å². The molecule has 0 amide bonds. The van der Waals surface area contributed by atoms with Crippen LogP contribution in [0.25, 0.3) is 0 Å². The molecule has 0 spiro atoms. The second-order valence-corrected chi connectivity index (χ2v) is 3.86. The summed E-state index contributed by atoms with van der Waals surface area (Å²) in [7, 11) is 0. The van der Waals surface area contributed by atoms with Crippen molar-refractivity contribution in [1.82, 2.24) is 14.5 Å². The number of rotatable bonds is 3. The quantitative estimate of drug-likeness (QED) is 0.871. The van der Waals surface area contributed by atoms with E-state index in [1.807, 2.05) is 18.4 Å². The molecule has 5 nitrogen and oxygen atoms in total. The highest BCUT2D eigenvalue weighted by Crippen LogP contribution is 2.08. The first-order valence-corrected chi connectivity index (χ1v) is 5.25. The number of hydrogen-bond donors (Lipinski definition) is 1. The zero-order valence-corrected chi connectivity index (χ0v) is 9.71. The lowest BCUT2D eigenvalue weighted by Crippen LogP contribution is -2.06. The summed E-state index contributed by atoms with van der Waals surface area (Å²) in [5.74, 6) is -1.01. The second kappa shape index (κ2) is 4.37. The van der Waals surface area contributed by atoms with Crippen LogP contribution in [-0.2, 0) is 6.54 Å². The van der Waals surface area contributed by atoms with Gasteiger partial charge in [0, 0.05) is 5.69 Å². The molecule has 2 heterocycles. The molecule has 0 saturated carbocycles. The van der Waals surface area contributed by atoms with Crippen LogP contribution >= 0.6 is 0 Å². The molecule has 2 rings (SSSR count). The molecule has 2 aromatic rings. The van der Waals surface area contributed by atoms with Crippen molar-refractivity contribution in [2.45, 2.75) is 20.4 Å². The minimum absolute atomic E-state index is 0.0667. The van der Waals surface area contributed by atoms with E-state index in [4.69, 9.17) is 5.11 Å². The maximum atomic E-state index is 10.8. The smallest absolute Gasteiger partial charge is 0.354 e. The summed E-state index contributed by atoms with van der Waals surface area (Å²) in [6.45, 7) is 4.45. The number of imidazole rings is 1. The SMILES string of the molecule is Cc1ncn(Cc2cccc(C(=O)O)n2)c1C. The van der Waals surface area contributed by atoms with Crippen LogP contribution < -0.4 is 0 Å². The number of carboxylic acids is 1. The molecular weight excluding hydrogens is 218 g/mol. The van der Waals surface area contributed by atoms with Gasteiger partial charge in [0.25, 0.3) is 0 Å². The molecule has 0 aliphatic heterocycles. The van der Waals surface area contributed by atoms with Crippen molar-refractivity contribution < 1.29 is 9.90 Å². The second-order valence-electron chi connectivity index (χ2n) is 3.86. The van der Waals surface area contributed by atoms with Crippen molar-refractivity contribution in [2.75, 3.05) is 0 Å². The Bertz CT molecular complexity index is 561. The Labute approximate surface area is 98.8 Å². The van der Waals surface area contributed by atoms with Gasteiger partial charge in [0.1, 0.15) is 5.69 Å². The molecule has 0 aliphatic carbocycles. The van der Waals surface area contributed by atoms with Crippen LogP contribution in [0, 0.1) is 13.8 Å². The van der Waals surface area contributed by atoms with Crippen LogP contribution in [0.5, 0.6) is 0 Å². The van der Waals surface area contributed by atoms with Crippen LogP contribution in [0.1, 0.15) is 27.6 Å². The largest absolute Gasteiger partial charge is 0.477 e. The first-order chi connectivity index (χ1) is 8.08. The molecule has 0 fully saturated rings. The fourth-order valence-electron chi connectivity index (χ4n) is 1.56. The number of aromatic nitrogens is 3. The molecule has 2 aromatic heterocycles. The van der Waals surface area contributed by atoms with E-state index >= 15 is 0 Å². The topological polar surface area (TPSA) is 68.0 Å². The molecule has 0 aliphatic rings. The van der Waals surface area contributed by atoms with Crippen molar-refractivity contribution in [3.63, 3.8) is 0 Å².